The summed E-state index contributed by atoms with van der Waals surface area (Å²) < 4.78 is 5.30. The molecule has 1 amide bonds. The van der Waals surface area contributed by atoms with Gasteiger partial charge in [0, 0.05) is 4.88 Å². The molecule has 5 heteroatoms. The number of carbonyl (C=O) groups is 1. The minimum Gasteiger partial charge on any atom is -0.467 e. The topological polar surface area (TPSA) is 45.5 Å². The Morgan fingerprint density at radius 3 is 2.89 bits per heavy atom. The highest BCUT2D eigenvalue weighted by Crippen LogP contribution is 2.14. The first-order valence-corrected chi connectivity index (χ1v) is 6.64. The molecule has 0 aliphatic rings. The van der Waals surface area contributed by atoms with E-state index in [1.165, 1.54) is 4.88 Å². The number of nitrogens with zero attached hydrogens (tertiary/aromatic N) is 1. The van der Waals surface area contributed by atoms with Crippen molar-refractivity contribution in [3.8, 4) is 0 Å². The summed E-state index contributed by atoms with van der Waals surface area (Å²) in [6.07, 6.45) is 1.63. The monoisotopic (exact) mass is 264 g/mol. The summed E-state index contributed by atoms with van der Waals surface area (Å²) in [7, 11) is 1.77. The van der Waals surface area contributed by atoms with Crippen LogP contribution < -0.4 is 5.32 Å². The van der Waals surface area contributed by atoms with Crippen LogP contribution in [-0.4, -0.2) is 24.4 Å². The van der Waals surface area contributed by atoms with Crippen molar-refractivity contribution in [1.29, 1.82) is 0 Å². The highest BCUT2D eigenvalue weighted by molar-refractivity contribution is 7.09. The van der Waals surface area contributed by atoms with Gasteiger partial charge in [0.25, 0.3) is 0 Å². The Morgan fingerprint density at radius 2 is 2.28 bits per heavy atom. The van der Waals surface area contributed by atoms with Gasteiger partial charge in [0.15, 0.2) is 0 Å². The summed E-state index contributed by atoms with van der Waals surface area (Å²) in [6, 6.07) is 7.75. The van der Waals surface area contributed by atoms with Gasteiger partial charge in [-0.1, -0.05) is 6.07 Å². The maximum Gasteiger partial charge on any atom is 0.237 e. The summed E-state index contributed by atoms with van der Waals surface area (Å²) in [4.78, 5) is 15.0. The second kappa shape index (κ2) is 6.37. The maximum atomic E-state index is 12.0. The predicted octanol–water partition coefficient (Wildman–Crippen LogP) is 2.09. The largest absolute Gasteiger partial charge is 0.467 e. The van der Waals surface area contributed by atoms with E-state index in [-0.39, 0.29) is 5.91 Å². The normalized spacial score (nSPS) is 10.5. The van der Waals surface area contributed by atoms with Gasteiger partial charge in [-0.05, 0) is 30.6 Å². The Balaban J connectivity index is 2.04. The zero-order valence-corrected chi connectivity index (χ0v) is 11.1. The van der Waals surface area contributed by atoms with Crippen LogP contribution in [0.4, 0.5) is 0 Å². The van der Waals surface area contributed by atoms with E-state index in [1.807, 2.05) is 29.6 Å². The van der Waals surface area contributed by atoms with Crippen LogP contribution in [0.25, 0.3) is 0 Å². The number of likely N-dealkylation sites (N-methyl/N-ethyl adjacent to an activating group) is 1. The average molecular weight is 264 g/mol. The van der Waals surface area contributed by atoms with E-state index in [4.69, 9.17) is 4.42 Å². The first-order chi connectivity index (χ1) is 8.79. The first kappa shape index (κ1) is 12.9. The van der Waals surface area contributed by atoms with Gasteiger partial charge in [0.1, 0.15) is 5.76 Å². The van der Waals surface area contributed by atoms with Crippen LogP contribution >= 0.6 is 11.3 Å². The second-order valence-corrected chi connectivity index (χ2v) is 4.97. The van der Waals surface area contributed by atoms with Crippen LogP contribution in [0.5, 0.6) is 0 Å². The van der Waals surface area contributed by atoms with Crippen LogP contribution in [0.3, 0.4) is 0 Å². The van der Waals surface area contributed by atoms with E-state index in [2.05, 4.69) is 5.32 Å². The van der Waals surface area contributed by atoms with Crippen molar-refractivity contribution in [3.63, 3.8) is 0 Å². The highest BCUT2D eigenvalue weighted by Gasteiger charge is 2.15. The molecule has 0 bridgehead atoms. The molecule has 0 saturated heterocycles. The quantitative estimate of drug-likeness (QED) is 0.869. The summed E-state index contributed by atoms with van der Waals surface area (Å²) in [5.41, 5.74) is 0. The van der Waals surface area contributed by atoms with Crippen LogP contribution in [0, 0.1) is 0 Å². The molecule has 0 fully saturated rings. The van der Waals surface area contributed by atoms with Gasteiger partial charge in [-0.15, -0.1) is 11.3 Å². The van der Waals surface area contributed by atoms with Crippen molar-refractivity contribution < 1.29 is 9.21 Å². The van der Waals surface area contributed by atoms with E-state index in [0.29, 0.717) is 19.6 Å². The molecule has 0 aliphatic heterocycles. The fraction of sp³-hybridized carbons (Fsp3) is 0.308. The van der Waals surface area contributed by atoms with Gasteiger partial charge in [0.05, 0.1) is 25.9 Å². The minimum absolute atomic E-state index is 0.0716. The molecular weight excluding hydrogens is 248 g/mol. The molecule has 0 spiro atoms. The third kappa shape index (κ3) is 3.45. The Bertz CT molecular complexity index is 429. The minimum atomic E-state index is 0.0716. The Labute approximate surface area is 110 Å². The third-order valence-corrected chi connectivity index (χ3v) is 3.40. The number of hydrogen-bond acceptors (Lipinski definition) is 4. The van der Waals surface area contributed by atoms with Gasteiger partial charge >= 0.3 is 0 Å². The lowest BCUT2D eigenvalue weighted by Gasteiger charge is -2.20. The fourth-order valence-electron chi connectivity index (χ4n) is 1.68. The Morgan fingerprint density at radius 1 is 1.39 bits per heavy atom. The highest BCUT2D eigenvalue weighted by atomic mass is 32.1. The van der Waals surface area contributed by atoms with Gasteiger partial charge in [-0.2, -0.15) is 0 Å². The van der Waals surface area contributed by atoms with Gasteiger partial charge in [-0.25, -0.2) is 0 Å². The van der Waals surface area contributed by atoms with Crippen molar-refractivity contribution >= 4 is 17.2 Å². The molecule has 96 valence electrons. The van der Waals surface area contributed by atoms with E-state index < -0.39 is 0 Å². The molecule has 2 rings (SSSR count). The molecule has 18 heavy (non-hydrogen) atoms. The van der Waals surface area contributed by atoms with Gasteiger partial charge in [-0.3, -0.25) is 4.79 Å². The van der Waals surface area contributed by atoms with Crippen molar-refractivity contribution in [1.82, 2.24) is 10.2 Å². The van der Waals surface area contributed by atoms with Crippen molar-refractivity contribution in [2.45, 2.75) is 13.1 Å². The maximum absolute atomic E-state index is 12.0. The smallest absolute Gasteiger partial charge is 0.237 e. The predicted molar refractivity (Wildman–Crippen MR) is 71.2 cm³/mol. The van der Waals surface area contributed by atoms with Crippen LogP contribution in [0.2, 0.25) is 0 Å². The summed E-state index contributed by atoms with van der Waals surface area (Å²) in [5, 5.41) is 4.91. The van der Waals surface area contributed by atoms with E-state index in [1.54, 1.807) is 29.5 Å². The Kier molecular flexibility index (Phi) is 4.55. The molecule has 0 unspecified atom stereocenters. The Hall–Kier alpha value is -1.59. The van der Waals surface area contributed by atoms with Gasteiger partial charge in [0.2, 0.25) is 5.91 Å². The number of thiophene rings is 1. The molecule has 0 atom stereocenters. The fourth-order valence-corrected chi connectivity index (χ4v) is 2.40. The van der Waals surface area contributed by atoms with Crippen LogP contribution in [0.15, 0.2) is 40.3 Å². The van der Waals surface area contributed by atoms with Crippen molar-refractivity contribution in [2.75, 3.05) is 13.6 Å². The lowest BCUT2D eigenvalue weighted by atomic mass is 10.3. The number of furan rings is 1. The SMILES string of the molecule is CNCC(=O)N(Cc1ccco1)Cc1cccs1. The molecule has 2 heterocycles. The zero-order valence-electron chi connectivity index (χ0n) is 10.3. The van der Waals surface area contributed by atoms with Crippen LogP contribution in [-0.2, 0) is 17.9 Å². The second-order valence-electron chi connectivity index (χ2n) is 3.94. The summed E-state index contributed by atoms with van der Waals surface area (Å²) in [6.45, 7) is 1.47. The summed E-state index contributed by atoms with van der Waals surface area (Å²) in [5.74, 6) is 0.873. The number of nitrogens with one attached hydrogen (secondary N) is 1. The lowest BCUT2D eigenvalue weighted by Crippen LogP contribution is -2.36. The van der Waals surface area contributed by atoms with E-state index >= 15 is 0 Å². The number of hydrogen-bond donors (Lipinski definition) is 1. The molecule has 2 aromatic heterocycles. The summed E-state index contributed by atoms with van der Waals surface area (Å²) >= 11 is 1.65. The number of amides is 1. The lowest BCUT2D eigenvalue weighted by molar-refractivity contribution is -0.131. The zero-order chi connectivity index (χ0) is 12.8. The molecule has 0 saturated carbocycles. The number of carbonyl (C=O) groups excluding carboxylic acids is 1. The molecule has 0 aromatic carbocycles. The molecule has 0 aliphatic carbocycles. The molecule has 0 radical (unpaired) electrons. The molecule has 4 nitrogen and oxygen atoms in total. The molecular formula is C13H16N2O2S. The molecule has 2 aromatic rings. The average Bonchev–Trinajstić information content (AvgIpc) is 3.01. The van der Waals surface area contributed by atoms with E-state index in [0.717, 1.165) is 5.76 Å². The van der Waals surface area contributed by atoms with Gasteiger partial charge < -0.3 is 14.6 Å². The first-order valence-electron chi connectivity index (χ1n) is 5.76. The van der Waals surface area contributed by atoms with E-state index in [9.17, 15) is 4.79 Å². The van der Waals surface area contributed by atoms with Crippen molar-refractivity contribution in [2.24, 2.45) is 0 Å². The number of rotatable bonds is 6. The third-order valence-electron chi connectivity index (χ3n) is 2.53. The standard InChI is InChI=1S/C13H16N2O2S/c1-14-8-13(16)15(9-11-4-2-6-17-11)10-12-5-3-7-18-12/h2-7,14H,8-10H2,1H3. The van der Waals surface area contributed by atoms with Crippen LogP contribution in [0.1, 0.15) is 10.6 Å². The molecule has 1 N–H and O–H groups in total. The van der Waals surface area contributed by atoms with Crippen molar-refractivity contribution in [3.05, 3.63) is 46.5 Å².